The number of nitrogens with zero attached hydrogens (tertiary/aromatic N) is 2. The smallest absolute Gasteiger partial charge is 0.217 e. The van der Waals surface area contributed by atoms with Crippen LogP contribution in [0.15, 0.2) is 12.4 Å². The van der Waals surface area contributed by atoms with Crippen LogP contribution in [0.25, 0.3) is 0 Å². The first-order valence-electron chi connectivity index (χ1n) is 2.31. The van der Waals surface area contributed by atoms with E-state index in [4.69, 9.17) is 0 Å². The number of alkyl halides is 3. The van der Waals surface area contributed by atoms with Gasteiger partial charge in [0.25, 0.3) is 0 Å². The van der Waals surface area contributed by atoms with Crippen LogP contribution in [0.4, 0.5) is 13.2 Å². The second-order valence-corrected chi connectivity index (χ2v) is 2.06. The summed E-state index contributed by atoms with van der Waals surface area (Å²) in [6, 6.07) is 0. The van der Waals surface area contributed by atoms with Gasteiger partial charge in [-0.25, -0.2) is 4.09 Å². The van der Waals surface area contributed by atoms with Gasteiger partial charge in [-0.05, 0) is 12.8 Å². The molecule has 1 rings (SSSR count). The van der Waals surface area contributed by atoms with Crippen LogP contribution in [-0.2, 0) is 6.18 Å². The highest BCUT2D eigenvalue weighted by Crippen LogP contribution is 2.28. The van der Waals surface area contributed by atoms with Crippen LogP contribution >= 0.6 is 12.8 Å². The molecule has 10 heavy (non-hydrogen) atoms. The maximum Gasteiger partial charge on any atom is 0.419 e. The van der Waals surface area contributed by atoms with Gasteiger partial charge in [0.1, 0.15) is 0 Å². The molecular formula is C4H3F3N2S. The molecule has 0 aliphatic heterocycles. The Labute approximate surface area is 60.2 Å². The average molecular weight is 168 g/mol. The van der Waals surface area contributed by atoms with Gasteiger partial charge in [0.15, 0.2) is 0 Å². The van der Waals surface area contributed by atoms with E-state index in [0.29, 0.717) is 6.20 Å². The van der Waals surface area contributed by atoms with Gasteiger partial charge in [-0.3, -0.25) is 0 Å². The Morgan fingerprint density at radius 2 is 2.10 bits per heavy atom. The van der Waals surface area contributed by atoms with Crippen molar-refractivity contribution in [1.82, 2.24) is 9.19 Å². The minimum atomic E-state index is -4.32. The Balaban J connectivity index is 2.96. The van der Waals surface area contributed by atoms with Crippen LogP contribution in [-0.4, -0.2) is 9.19 Å². The summed E-state index contributed by atoms with van der Waals surface area (Å²) in [4.78, 5) is 0. The fourth-order valence-corrected chi connectivity index (χ4v) is 0.635. The maximum absolute atomic E-state index is 11.7. The number of hydrogen-bond donors (Lipinski definition) is 1. The van der Waals surface area contributed by atoms with E-state index in [1.165, 1.54) is 0 Å². The summed E-state index contributed by atoms with van der Waals surface area (Å²) < 4.78 is 36.0. The monoisotopic (exact) mass is 168 g/mol. The number of halogens is 3. The van der Waals surface area contributed by atoms with Crippen molar-refractivity contribution in [3.05, 3.63) is 18.0 Å². The predicted molar refractivity (Wildman–Crippen MR) is 31.6 cm³/mol. The van der Waals surface area contributed by atoms with Gasteiger partial charge in [-0.1, -0.05) is 0 Å². The molecule has 1 heterocycles. The van der Waals surface area contributed by atoms with E-state index in [1.54, 1.807) is 0 Å². The summed E-state index contributed by atoms with van der Waals surface area (Å²) in [6.07, 6.45) is -2.81. The molecule has 0 spiro atoms. The first-order valence-corrected chi connectivity index (χ1v) is 2.71. The molecule has 1 aromatic heterocycles. The van der Waals surface area contributed by atoms with Gasteiger partial charge >= 0.3 is 6.18 Å². The van der Waals surface area contributed by atoms with Crippen molar-refractivity contribution in [2.75, 3.05) is 0 Å². The Hall–Kier alpha value is -0.650. The van der Waals surface area contributed by atoms with Crippen molar-refractivity contribution in [3.63, 3.8) is 0 Å². The van der Waals surface area contributed by atoms with Gasteiger partial charge in [-0.15, -0.1) is 0 Å². The van der Waals surface area contributed by atoms with E-state index in [2.05, 4.69) is 17.9 Å². The van der Waals surface area contributed by atoms with Crippen molar-refractivity contribution >= 4 is 12.8 Å². The second kappa shape index (κ2) is 2.19. The molecule has 56 valence electrons. The SMILES string of the molecule is FC(F)(F)c1cnn(S)c1. The Bertz CT molecular complexity index is 229. The number of aromatic nitrogens is 2. The highest BCUT2D eigenvalue weighted by molar-refractivity contribution is 7.78. The molecule has 0 amide bonds. The highest BCUT2D eigenvalue weighted by atomic mass is 32.1. The molecule has 1 aromatic rings. The lowest BCUT2D eigenvalue weighted by molar-refractivity contribution is -0.137. The molecule has 0 aromatic carbocycles. The molecule has 0 saturated carbocycles. The molecule has 2 nitrogen and oxygen atoms in total. The molecule has 6 heteroatoms. The molecule has 0 unspecified atom stereocenters. The van der Waals surface area contributed by atoms with Crippen molar-refractivity contribution < 1.29 is 13.2 Å². The molecule has 0 radical (unpaired) electrons. The predicted octanol–water partition coefficient (Wildman–Crippen LogP) is 1.59. The van der Waals surface area contributed by atoms with Crippen LogP contribution in [0.2, 0.25) is 0 Å². The molecule has 0 aliphatic rings. The first kappa shape index (κ1) is 7.46. The van der Waals surface area contributed by atoms with Gasteiger partial charge in [0, 0.05) is 6.20 Å². The van der Waals surface area contributed by atoms with Gasteiger partial charge in [0.2, 0.25) is 0 Å². The third-order valence-electron chi connectivity index (χ3n) is 0.897. The van der Waals surface area contributed by atoms with Gasteiger partial charge < -0.3 is 0 Å². The fourth-order valence-electron chi connectivity index (χ4n) is 0.459. The van der Waals surface area contributed by atoms with Crippen LogP contribution in [0.3, 0.4) is 0 Å². The standard InChI is InChI=1S/C4H3F3N2S/c5-4(6,7)3-1-8-9(10)2-3/h1-2,10H. The van der Waals surface area contributed by atoms with Gasteiger partial charge in [0.05, 0.1) is 11.8 Å². The van der Waals surface area contributed by atoms with Crippen molar-refractivity contribution in [2.24, 2.45) is 0 Å². The Morgan fingerprint density at radius 1 is 1.50 bits per heavy atom. The highest BCUT2D eigenvalue weighted by Gasteiger charge is 2.31. The molecule has 0 aliphatic carbocycles. The topological polar surface area (TPSA) is 17.8 Å². The van der Waals surface area contributed by atoms with Crippen molar-refractivity contribution in [3.8, 4) is 0 Å². The van der Waals surface area contributed by atoms with E-state index in [-0.39, 0.29) is 0 Å². The molecule has 0 saturated heterocycles. The molecule has 0 atom stereocenters. The fraction of sp³-hybridized carbons (Fsp3) is 0.250. The molecule has 0 bridgehead atoms. The first-order chi connectivity index (χ1) is 4.50. The molecule has 0 fully saturated rings. The molecule has 0 N–H and O–H groups in total. The van der Waals surface area contributed by atoms with Crippen molar-refractivity contribution in [2.45, 2.75) is 6.18 Å². The number of rotatable bonds is 0. The summed E-state index contributed by atoms with van der Waals surface area (Å²) in [5.41, 5.74) is -0.789. The minimum Gasteiger partial charge on any atom is -0.217 e. The van der Waals surface area contributed by atoms with Crippen LogP contribution in [0.5, 0.6) is 0 Å². The second-order valence-electron chi connectivity index (χ2n) is 1.65. The van der Waals surface area contributed by atoms with E-state index < -0.39 is 11.7 Å². The summed E-state index contributed by atoms with van der Waals surface area (Å²) in [6.45, 7) is 0. The largest absolute Gasteiger partial charge is 0.419 e. The normalized spacial score (nSPS) is 12.0. The zero-order valence-corrected chi connectivity index (χ0v) is 5.52. The lowest BCUT2D eigenvalue weighted by Crippen LogP contribution is -2.02. The van der Waals surface area contributed by atoms with Crippen LogP contribution in [0, 0.1) is 0 Å². The summed E-state index contributed by atoms with van der Waals surface area (Å²) in [5, 5.41) is 3.24. The third kappa shape index (κ3) is 1.44. The lowest BCUT2D eigenvalue weighted by atomic mass is 10.4. The zero-order chi connectivity index (χ0) is 7.78. The minimum absolute atomic E-state index is 0.715. The van der Waals surface area contributed by atoms with E-state index in [9.17, 15) is 13.2 Å². The maximum atomic E-state index is 11.7. The van der Waals surface area contributed by atoms with Gasteiger partial charge in [-0.2, -0.15) is 18.3 Å². The number of thiol groups is 1. The summed E-state index contributed by atoms with van der Waals surface area (Å²) >= 11 is 3.54. The summed E-state index contributed by atoms with van der Waals surface area (Å²) in [5.74, 6) is 0. The zero-order valence-electron chi connectivity index (χ0n) is 4.63. The average Bonchev–Trinajstić information content (AvgIpc) is 2.11. The van der Waals surface area contributed by atoms with Crippen LogP contribution < -0.4 is 0 Å². The third-order valence-corrected chi connectivity index (χ3v) is 1.12. The summed E-state index contributed by atoms with van der Waals surface area (Å²) in [7, 11) is 0. The Morgan fingerprint density at radius 3 is 2.30 bits per heavy atom. The number of hydrogen-bond acceptors (Lipinski definition) is 2. The van der Waals surface area contributed by atoms with E-state index in [0.717, 1.165) is 10.3 Å². The van der Waals surface area contributed by atoms with Crippen molar-refractivity contribution in [1.29, 1.82) is 0 Å². The Kier molecular flexibility index (Phi) is 1.63. The van der Waals surface area contributed by atoms with E-state index in [1.807, 2.05) is 0 Å². The van der Waals surface area contributed by atoms with Crippen LogP contribution in [0.1, 0.15) is 5.56 Å². The lowest BCUT2D eigenvalue weighted by Gasteiger charge is -1.99. The molecular weight excluding hydrogens is 165 g/mol. The quantitative estimate of drug-likeness (QED) is 0.582. The van der Waals surface area contributed by atoms with E-state index >= 15 is 0 Å².